The van der Waals surface area contributed by atoms with Crippen molar-refractivity contribution >= 4 is 27.6 Å². The minimum Gasteiger partial charge on any atom is -0.452 e. The molecule has 0 aliphatic heterocycles. The monoisotopic (exact) mass is 418 g/mol. The molecule has 0 spiro atoms. The fourth-order valence-electron chi connectivity index (χ4n) is 2.44. The minimum absolute atomic E-state index is 0.0241. The summed E-state index contributed by atoms with van der Waals surface area (Å²) in [6.45, 7) is 5.78. The van der Waals surface area contributed by atoms with Crippen molar-refractivity contribution in [2.24, 2.45) is 0 Å². The summed E-state index contributed by atoms with van der Waals surface area (Å²) in [5.41, 5.74) is 1.83. The molecule has 0 unspecified atom stereocenters. The van der Waals surface area contributed by atoms with Crippen molar-refractivity contribution < 1.29 is 22.7 Å². The van der Waals surface area contributed by atoms with Crippen LogP contribution in [0, 0.1) is 0 Å². The number of benzene rings is 2. The Balaban J connectivity index is 1.92. The first kappa shape index (κ1) is 22.6. The molecular weight excluding hydrogens is 392 g/mol. The van der Waals surface area contributed by atoms with Crippen molar-refractivity contribution in [3.63, 3.8) is 0 Å². The third-order valence-electron chi connectivity index (χ3n) is 4.24. The average molecular weight is 419 g/mol. The van der Waals surface area contributed by atoms with Crippen LogP contribution in [0.1, 0.15) is 36.7 Å². The molecule has 29 heavy (non-hydrogen) atoms. The summed E-state index contributed by atoms with van der Waals surface area (Å²) in [6, 6.07) is 12.8. The molecule has 2 aromatic rings. The fourth-order valence-corrected chi connectivity index (χ4v) is 3.34. The molecule has 0 aliphatic rings. The van der Waals surface area contributed by atoms with Crippen LogP contribution in [0.25, 0.3) is 0 Å². The van der Waals surface area contributed by atoms with E-state index < -0.39 is 28.5 Å². The molecule has 0 aromatic heterocycles. The van der Waals surface area contributed by atoms with Gasteiger partial charge in [-0.15, -0.1) is 0 Å². The highest BCUT2D eigenvalue weighted by atomic mass is 32.2. The van der Waals surface area contributed by atoms with E-state index in [9.17, 15) is 18.0 Å². The van der Waals surface area contributed by atoms with Crippen LogP contribution in [-0.4, -0.2) is 45.3 Å². The number of esters is 1. The van der Waals surface area contributed by atoms with Crippen LogP contribution in [0.5, 0.6) is 0 Å². The van der Waals surface area contributed by atoms with Gasteiger partial charge in [0.05, 0.1) is 10.5 Å². The van der Waals surface area contributed by atoms with Crippen LogP contribution in [0.15, 0.2) is 53.4 Å². The number of hydrogen-bond acceptors (Lipinski definition) is 5. The highest BCUT2D eigenvalue weighted by molar-refractivity contribution is 7.89. The molecule has 156 valence electrons. The van der Waals surface area contributed by atoms with E-state index >= 15 is 0 Å². The van der Waals surface area contributed by atoms with Crippen LogP contribution >= 0.6 is 0 Å². The minimum atomic E-state index is -3.54. The number of amides is 1. The highest BCUT2D eigenvalue weighted by Gasteiger charge is 2.17. The van der Waals surface area contributed by atoms with Crippen LogP contribution in [0.3, 0.4) is 0 Å². The van der Waals surface area contributed by atoms with Gasteiger partial charge in [-0.05, 0) is 47.4 Å². The Bertz CT molecular complexity index is 973. The van der Waals surface area contributed by atoms with Crippen molar-refractivity contribution in [1.29, 1.82) is 0 Å². The van der Waals surface area contributed by atoms with Crippen molar-refractivity contribution in [3.8, 4) is 0 Å². The molecule has 7 nitrogen and oxygen atoms in total. The van der Waals surface area contributed by atoms with Crippen molar-refractivity contribution in [1.82, 2.24) is 4.31 Å². The summed E-state index contributed by atoms with van der Waals surface area (Å²) in [5, 5.41) is 2.56. The summed E-state index contributed by atoms with van der Waals surface area (Å²) >= 11 is 0. The number of carbonyl (C=O) groups excluding carboxylic acids is 2. The molecule has 0 atom stereocenters. The van der Waals surface area contributed by atoms with Crippen molar-refractivity contribution in [2.75, 3.05) is 26.0 Å². The number of ether oxygens (including phenoxy) is 1. The van der Waals surface area contributed by atoms with Gasteiger partial charge in [0.25, 0.3) is 5.91 Å². The molecular formula is C21H26N2O5S. The third-order valence-corrected chi connectivity index (χ3v) is 6.07. The first-order chi connectivity index (χ1) is 13.4. The molecule has 0 bridgehead atoms. The Morgan fingerprint density at radius 1 is 0.966 bits per heavy atom. The van der Waals surface area contributed by atoms with E-state index in [0.29, 0.717) is 11.3 Å². The maximum Gasteiger partial charge on any atom is 0.338 e. The summed E-state index contributed by atoms with van der Waals surface area (Å²) in [7, 11) is -0.654. The molecule has 0 saturated carbocycles. The summed E-state index contributed by atoms with van der Waals surface area (Å²) in [6.07, 6.45) is 0. The van der Waals surface area contributed by atoms with Gasteiger partial charge in [-0.1, -0.05) is 32.9 Å². The zero-order chi connectivity index (χ0) is 21.8. The lowest BCUT2D eigenvalue weighted by Gasteiger charge is -2.18. The molecule has 2 rings (SSSR count). The van der Waals surface area contributed by atoms with Gasteiger partial charge >= 0.3 is 5.97 Å². The first-order valence-corrected chi connectivity index (χ1v) is 10.5. The Morgan fingerprint density at radius 3 is 2.00 bits per heavy atom. The van der Waals surface area contributed by atoms with Crippen LogP contribution in [0.4, 0.5) is 5.69 Å². The molecule has 0 saturated heterocycles. The van der Waals surface area contributed by atoms with E-state index in [4.69, 9.17) is 4.74 Å². The number of rotatable bonds is 6. The molecule has 8 heteroatoms. The maximum atomic E-state index is 12.1. The van der Waals surface area contributed by atoms with Gasteiger partial charge in [0.2, 0.25) is 10.0 Å². The Morgan fingerprint density at radius 2 is 1.52 bits per heavy atom. The second-order valence-electron chi connectivity index (χ2n) is 7.76. The van der Waals surface area contributed by atoms with Gasteiger partial charge in [0.15, 0.2) is 6.61 Å². The number of nitrogens with one attached hydrogen (secondary N) is 1. The van der Waals surface area contributed by atoms with Crippen molar-refractivity contribution in [2.45, 2.75) is 31.1 Å². The number of nitrogens with zero attached hydrogens (tertiary/aromatic N) is 1. The van der Waals surface area contributed by atoms with E-state index in [2.05, 4.69) is 26.1 Å². The van der Waals surface area contributed by atoms with Gasteiger partial charge in [0.1, 0.15) is 0 Å². The highest BCUT2D eigenvalue weighted by Crippen LogP contribution is 2.22. The van der Waals surface area contributed by atoms with Crippen molar-refractivity contribution in [3.05, 3.63) is 59.7 Å². The standard InChI is InChI=1S/C21H26N2O5S/c1-21(2,3)16-8-6-15(7-9-16)20(25)28-14-19(24)22-17-10-12-18(13-11-17)29(26,27)23(4)5/h6-13H,14H2,1-5H3,(H,22,24). The van der Waals surface area contributed by atoms with Crippen LogP contribution < -0.4 is 5.32 Å². The largest absolute Gasteiger partial charge is 0.452 e. The molecule has 0 fully saturated rings. The van der Waals surface area contributed by atoms with E-state index in [1.165, 1.54) is 38.4 Å². The van der Waals surface area contributed by atoms with Crippen LogP contribution in [-0.2, 0) is 25.0 Å². The maximum absolute atomic E-state index is 12.1. The van der Waals surface area contributed by atoms with Crippen LogP contribution in [0.2, 0.25) is 0 Å². The average Bonchev–Trinajstić information content (AvgIpc) is 2.66. The first-order valence-electron chi connectivity index (χ1n) is 9.01. The predicted molar refractivity (Wildman–Crippen MR) is 111 cm³/mol. The Hall–Kier alpha value is -2.71. The van der Waals surface area contributed by atoms with E-state index in [1.54, 1.807) is 12.1 Å². The van der Waals surface area contributed by atoms with Gasteiger partial charge < -0.3 is 10.1 Å². The molecule has 1 N–H and O–H groups in total. The topological polar surface area (TPSA) is 92.8 Å². The second-order valence-corrected chi connectivity index (χ2v) is 9.92. The van der Waals surface area contributed by atoms with Gasteiger partial charge in [0, 0.05) is 19.8 Å². The molecule has 0 heterocycles. The number of hydrogen-bond donors (Lipinski definition) is 1. The third kappa shape index (κ3) is 5.88. The fraction of sp³-hybridized carbons (Fsp3) is 0.333. The second kappa shape index (κ2) is 8.75. The quantitative estimate of drug-likeness (QED) is 0.728. The van der Waals surface area contributed by atoms with E-state index in [0.717, 1.165) is 9.87 Å². The number of carbonyl (C=O) groups is 2. The molecule has 2 aromatic carbocycles. The molecule has 0 aliphatic carbocycles. The summed E-state index contributed by atoms with van der Waals surface area (Å²) in [5.74, 6) is -1.11. The lowest BCUT2D eigenvalue weighted by atomic mass is 9.87. The molecule has 0 radical (unpaired) electrons. The summed E-state index contributed by atoms with van der Waals surface area (Å²) in [4.78, 5) is 24.2. The Kier molecular flexibility index (Phi) is 6.81. The lowest BCUT2D eigenvalue weighted by molar-refractivity contribution is -0.119. The normalized spacial score (nSPS) is 11.9. The van der Waals surface area contributed by atoms with Gasteiger partial charge in [-0.3, -0.25) is 4.79 Å². The number of sulfonamides is 1. The SMILES string of the molecule is CN(C)S(=O)(=O)c1ccc(NC(=O)COC(=O)c2ccc(C(C)(C)C)cc2)cc1. The smallest absolute Gasteiger partial charge is 0.338 e. The van der Waals surface area contributed by atoms with Gasteiger partial charge in [-0.2, -0.15) is 0 Å². The van der Waals surface area contributed by atoms with E-state index in [1.807, 2.05) is 12.1 Å². The zero-order valence-electron chi connectivity index (χ0n) is 17.2. The predicted octanol–water partition coefficient (Wildman–Crippen LogP) is 3.03. The summed E-state index contributed by atoms with van der Waals surface area (Å²) < 4.78 is 30.2. The van der Waals surface area contributed by atoms with E-state index in [-0.39, 0.29) is 10.3 Å². The zero-order valence-corrected chi connectivity index (χ0v) is 18.0. The van der Waals surface area contributed by atoms with Gasteiger partial charge in [-0.25, -0.2) is 17.5 Å². The Labute approximate surface area is 171 Å². The molecule has 1 amide bonds. The lowest BCUT2D eigenvalue weighted by Crippen LogP contribution is -2.22. The number of anilines is 1.